The van der Waals surface area contributed by atoms with Gasteiger partial charge in [0, 0.05) is 12.8 Å². The number of aliphatic hydroxyl groups is 2. The highest BCUT2D eigenvalue weighted by Crippen LogP contribution is 2.16. The second-order valence-electron chi connectivity index (χ2n) is 17.9. The van der Waals surface area contributed by atoms with Gasteiger partial charge in [-0.2, -0.15) is 0 Å². The largest absolute Gasteiger partial charge is 0.466 e. The molecule has 0 bridgehead atoms. The summed E-state index contributed by atoms with van der Waals surface area (Å²) in [6, 6.07) is -0.640. The van der Waals surface area contributed by atoms with Gasteiger partial charge in [-0.1, -0.05) is 251 Å². The van der Waals surface area contributed by atoms with Crippen LogP contribution in [0.2, 0.25) is 0 Å². The van der Waals surface area contributed by atoms with Crippen LogP contribution in [0.3, 0.4) is 0 Å². The van der Waals surface area contributed by atoms with Gasteiger partial charge in [-0.3, -0.25) is 9.59 Å². The van der Waals surface area contributed by atoms with Gasteiger partial charge in [-0.05, 0) is 32.1 Å². The first-order valence-electron chi connectivity index (χ1n) is 26.0. The molecular weight excluding hydrogens is 719 g/mol. The highest BCUT2D eigenvalue weighted by molar-refractivity contribution is 5.76. The molecule has 2 atom stereocenters. The van der Waals surface area contributed by atoms with E-state index in [-0.39, 0.29) is 18.5 Å². The molecule has 3 N–H and O–H groups in total. The van der Waals surface area contributed by atoms with E-state index in [1.807, 2.05) is 6.08 Å². The standard InChI is InChI=1S/C52H101NO5/c1-3-5-7-9-11-13-15-17-18-19-20-21-22-24-28-32-36-40-44-50(55)49(48-54)53-51(56)45-41-37-33-29-25-23-27-31-35-39-43-47-58-52(57)46-42-38-34-30-26-16-14-12-10-8-6-4-2/h40,44,49-50,54-55H,3-39,41-43,45-48H2,1-2H3,(H,53,56)/b44-40+. The highest BCUT2D eigenvalue weighted by atomic mass is 16.5. The fraction of sp³-hybridized carbons (Fsp3) is 0.923. The van der Waals surface area contributed by atoms with Gasteiger partial charge >= 0.3 is 5.97 Å². The average Bonchev–Trinajstić information content (AvgIpc) is 3.22. The number of hydrogen-bond donors (Lipinski definition) is 3. The normalized spacial score (nSPS) is 12.7. The topological polar surface area (TPSA) is 95.9 Å². The smallest absolute Gasteiger partial charge is 0.305 e. The maximum absolute atomic E-state index is 12.4. The molecule has 0 aromatic carbocycles. The number of amides is 1. The number of nitrogens with one attached hydrogen (secondary N) is 1. The summed E-state index contributed by atoms with van der Waals surface area (Å²) < 4.78 is 5.45. The summed E-state index contributed by atoms with van der Waals surface area (Å²) in [5, 5.41) is 23.1. The van der Waals surface area contributed by atoms with Crippen molar-refractivity contribution in [1.29, 1.82) is 0 Å². The monoisotopic (exact) mass is 820 g/mol. The highest BCUT2D eigenvalue weighted by Gasteiger charge is 2.18. The molecule has 344 valence electrons. The van der Waals surface area contributed by atoms with Crippen molar-refractivity contribution in [3.63, 3.8) is 0 Å². The lowest BCUT2D eigenvalue weighted by Crippen LogP contribution is -2.45. The van der Waals surface area contributed by atoms with E-state index in [4.69, 9.17) is 4.74 Å². The first kappa shape index (κ1) is 56.6. The van der Waals surface area contributed by atoms with Gasteiger partial charge in [-0.25, -0.2) is 0 Å². The SMILES string of the molecule is CCCCCCCCCCCCCCCCCC/C=C/C(O)C(CO)NC(=O)CCCCCCCCCCCCCOC(=O)CCCCCCCCCCCCCC. The maximum atomic E-state index is 12.4. The number of carbonyl (C=O) groups excluding carboxylic acids is 2. The Balaban J connectivity index is 3.51. The lowest BCUT2D eigenvalue weighted by Gasteiger charge is -2.20. The minimum atomic E-state index is -0.855. The van der Waals surface area contributed by atoms with Crippen LogP contribution >= 0.6 is 0 Å². The summed E-state index contributed by atoms with van der Waals surface area (Å²) in [5.74, 6) is -0.0990. The Morgan fingerprint density at radius 2 is 0.793 bits per heavy atom. The zero-order valence-electron chi connectivity index (χ0n) is 39.0. The second-order valence-corrected chi connectivity index (χ2v) is 17.9. The number of esters is 1. The number of ether oxygens (including phenoxy) is 1. The number of carbonyl (C=O) groups is 2. The summed E-state index contributed by atoms with van der Waals surface area (Å²) in [4.78, 5) is 24.4. The van der Waals surface area contributed by atoms with Crippen LogP contribution in [0.5, 0.6) is 0 Å². The van der Waals surface area contributed by atoms with E-state index in [0.717, 1.165) is 57.8 Å². The van der Waals surface area contributed by atoms with Crippen LogP contribution in [0.25, 0.3) is 0 Å². The van der Waals surface area contributed by atoms with Crippen LogP contribution in [0.15, 0.2) is 12.2 Å². The molecular formula is C52H101NO5. The minimum Gasteiger partial charge on any atom is -0.466 e. The molecule has 0 radical (unpaired) electrons. The summed E-state index contributed by atoms with van der Waals surface area (Å²) >= 11 is 0. The molecule has 0 aromatic heterocycles. The van der Waals surface area contributed by atoms with Gasteiger partial charge in [0.1, 0.15) is 0 Å². The molecule has 2 unspecified atom stereocenters. The molecule has 6 heteroatoms. The van der Waals surface area contributed by atoms with Crippen molar-refractivity contribution in [1.82, 2.24) is 5.32 Å². The predicted octanol–water partition coefficient (Wildman–Crippen LogP) is 15.3. The number of allylic oxidation sites excluding steroid dienone is 1. The average molecular weight is 820 g/mol. The fourth-order valence-corrected chi connectivity index (χ4v) is 8.05. The molecule has 0 aromatic rings. The zero-order valence-corrected chi connectivity index (χ0v) is 39.0. The van der Waals surface area contributed by atoms with Crippen molar-refractivity contribution in [2.75, 3.05) is 13.2 Å². The summed E-state index contributed by atoms with van der Waals surface area (Å²) in [6.45, 7) is 4.87. The van der Waals surface area contributed by atoms with Gasteiger partial charge in [0.25, 0.3) is 0 Å². The van der Waals surface area contributed by atoms with Gasteiger partial charge < -0.3 is 20.3 Å². The lowest BCUT2D eigenvalue weighted by molar-refractivity contribution is -0.143. The summed E-state index contributed by atoms with van der Waals surface area (Å²) in [6.07, 6.45) is 54.9. The third kappa shape index (κ3) is 44.2. The Kier molecular flexibility index (Phi) is 47.1. The molecule has 0 saturated carbocycles. The van der Waals surface area contributed by atoms with E-state index in [0.29, 0.717) is 19.4 Å². The fourth-order valence-electron chi connectivity index (χ4n) is 8.05. The molecule has 0 saturated heterocycles. The van der Waals surface area contributed by atoms with Gasteiger partial charge in [-0.15, -0.1) is 0 Å². The molecule has 58 heavy (non-hydrogen) atoms. The van der Waals surface area contributed by atoms with Crippen LogP contribution in [0.1, 0.15) is 284 Å². The van der Waals surface area contributed by atoms with Crippen LogP contribution in [-0.2, 0) is 14.3 Å². The van der Waals surface area contributed by atoms with Crippen molar-refractivity contribution in [2.24, 2.45) is 0 Å². The zero-order chi connectivity index (χ0) is 42.3. The Hall–Kier alpha value is -1.40. The van der Waals surface area contributed by atoms with Crippen LogP contribution in [0.4, 0.5) is 0 Å². The first-order valence-corrected chi connectivity index (χ1v) is 26.0. The number of unbranched alkanes of at least 4 members (excludes halogenated alkanes) is 37. The van der Waals surface area contributed by atoms with Crippen molar-refractivity contribution in [3.8, 4) is 0 Å². The van der Waals surface area contributed by atoms with Crippen LogP contribution in [0, 0.1) is 0 Å². The van der Waals surface area contributed by atoms with E-state index in [1.54, 1.807) is 6.08 Å². The number of aliphatic hydroxyl groups excluding tert-OH is 2. The van der Waals surface area contributed by atoms with E-state index in [2.05, 4.69) is 19.2 Å². The summed E-state index contributed by atoms with van der Waals surface area (Å²) in [7, 11) is 0. The van der Waals surface area contributed by atoms with Gasteiger partial charge in [0.05, 0.1) is 25.4 Å². The Labute approximate surface area is 361 Å². The summed E-state index contributed by atoms with van der Waals surface area (Å²) in [5.41, 5.74) is 0. The molecule has 0 rings (SSSR count). The van der Waals surface area contributed by atoms with Gasteiger partial charge in [0.2, 0.25) is 5.91 Å². The van der Waals surface area contributed by atoms with E-state index in [9.17, 15) is 19.8 Å². The van der Waals surface area contributed by atoms with E-state index >= 15 is 0 Å². The van der Waals surface area contributed by atoms with Crippen molar-refractivity contribution < 1.29 is 24.5 Å². The minimum absolute atomic E-state index is 0.0144. The molecule has 0 aliphatic carbocycles. The van der Waals surface area contributed by atoms with Gasteiger partial charge in [0.15, 0.2) is 0 Å². The Bertz CT molecular complexity index is 863. The molecule has 0 spiro atoms. The molecule has 1 amide bonds. The van der Waals surface area contributed by atoms with E-state index < -0.39 is 12.1 Å². The molecule has 6 nitrogen and oxygen atoms in total. The number of hydrogen-bond acceptors (Lipinski definition) is 5. The number of rotatable bonds is 48. The van der Waals surface area contributed by atoms with Crippen molar-refractivity contribution in [2.45, 2.75) is 296 Å². The molecule has 0 aliphatic heterocycles. The predicted molar refractivity (Wildman–Crippen MR) is 250 cm³/mol. The quantitative estimate of drug-likeness (QED) is 0.0323. The Morgan fingerprint density at radius 3 is 1.17 bits per heavy atom. The van der Waals surface area contributed by atoms with Crippen molar-refractivity contribution in [3.05, 3.63) is 12.2 Å². The third-order valence-corrected chi connectivity index (χ3v) is 12.1. The Morgan fingerprint density at radius 1 is 0.466 bits per heavy atom. The molecule has 0 fully saturated rings. The lowest BCUT2D eigenvalue weighted by atomic mass is 10.0. The second kappa shape index (κ2) is 48.3. The molecule has 0 aliphatic rings. The van der Waals surface area contributed by atoms with Crippen LogP contribution in [-0.4, -0.2) is 47.4 Å². The van der Waals surface area contributed by atoms with Crippen molar-refractivity contribution >= 4 is 11.9 Å². The maximum Gasteiger partial charge on any atom is 0.305 e. The molecule has 0 heterocycles. The van der Waals surface area contributed by atoms with E-state index in [1.165, 1.54) is 199 Å². The first-order chi connectivity index (χ1) is 28.5. The third-order valence-electron chi connectivity index (χ3n) is 12.1. The van der Waals surface area contributed by atoms with Crippen LogP contribution < -0.4 is 5.32 Å².